The second kappa shape index (κ2) is 38.9. The van der Waals surface area contributed by atoms with E-state index in [1.54, 1.807) is 91.6 Å². The molecule has 5 amide bonds. The Morgan fingerprint density at radius 2 is 0.493 bits per heavy atom. The smallest absolute Gasteiger partial charge is 0.294 e. The van der Waals surface area contributed by atoms with E-state index in [1.807, 2.05) is 0 Å². The van der Waals surface area contributed by atoms with Crippen LogP contribution in [0.25, 0.3) is 0 Å². The topological polar surface area (TPSA) is 472 Å². The number of carbonyl (C=O) groups is 5. The molecule has 0 unspecified atom stereocenters. The third-order valence-corrected chi connectivity index (χ3v) is 7.54. The second-order valence-electron chi connectivity index (χ2n) is 12.8. The first kappa shape index (κ1) is 62.1. The number of nitrogens with one attached hydrogen (secondary N) is 5. The highest BCUT2D eigenvalue weighted by Crippen LogP contribution is 1.98. The van der Waals surface area contributed by atoms with E-state index in [4.69, 9.17) is 0 Å². The van der Waals surface area contributed by atoms with Crippen molar-refractivity contribution in [2.75, 3.05) is 65.8 Å². The maximum absolute atomic E-state index is 11.3. The van der Waals surface area contributed by atoms with Crippen molar-refractivity contribution in [1.29, 1.82) is 0 Å². The van der Waals surface area contributed by atoms with Gasteiger partial charge in [0.15, 0.2) is 0 Å². The lowest BCUT2D eigenvalue weighted by Gasteiger charge is -2.03. The number of hydrogen-bond donors (Lipinski definition) is 5. The average Bonchev–Trinajstić information content (AvgIpc) is 3.41. The van der Waals surface area contributed by atoms with Crippen molar-refractivity contribution in [3.63, 3.8) is 0 Å². The zero-order chi connectivity index (χ0) is 55.5. The molecule has 0 aliphatic heterocycles. The van der Waals surface area contributed by atoms with Crippen LogP contribution in [-0.2, 0) is 24.2 Å². The van der Waals surface area contributed by atoms with Crippen molar-refractivity contribution < 1.29 is 73.6 Å². The molecule has 0 spiro atoms. The maximum Gasteiger partial charge on any atom is 0.294 e. The summed E-state index contributed by atoms with van der Waals surface area (Å²) < 4.78 is 0. The fraction of sp³-hybridized carbons (Fsp3) is 0.250. The fourth-order valence-electron chi connectivity index (χ4n) is 4.42. The third kappa shape index (κ3) is 33.3. The molecule has 5 aromatic rings. The quantitative estimate of drug-likeness (QED) is 0.0294. The van der Waals surface area contributed by atoms with Gasteiger partial charge in [0.2, 0.25) is 0 Å². The number of pyridine rings is 5. The van der Waals surface area contributed by atoms with E-state index in [0.717, 1.165) is 0 Å². The number of nitrogens with zero attached hydrogens (tertiary/aromatic N) is 10. The molecule has 0 fully saturated rings. The zero-order valence-corrected chi connectivity index (χ0v) is 38.8. The van der Waals surface area contributed by atoms with Crippen molar-refractivity contribution in [1.82, 2.24) is 51.5 Å². The summed E-state index contributed by atoms with van der Waals surface area (Å²) in [6.45, 7) is -0.448. The molecule has 400 valence electrons. The molecular formula is C40H45N15O20. The van der Waals surface area contributed by atoms with E-state index in [0.29, 0.717) is 27.8 Å². The highest BCUT2D eigenvalue weighted by atomic mass is 17.0. The number of carbonyl (C=O) groups excluding carboxylic acids is 5. The molecule has 0 aliphatic carbocycles. The fourth-order valence-corrected chi connectivity index (χ4v) is 4.42. The number of aromatic nitrogens is 5. The van der Waals surface area contributed by atoms with Gasteiger partial charge in [0.25, 0.3) is 55.0 Å². The number of hydrogen-bond acceptors (Lipinski definition) is 25. The maximum atomic E-state index is 11.3. The lowest BCUT2D eigenvalue weighted by Crippen LogP contribution is -2.27. The van der Waals surface area contributed by atoms with E-state index < -0.39 is 25.4 Å². The first-order valence-corrected chi connectivity index (χ1v) is 20.8. The molecule has 0 aliphatic rings. The molecule has 5 aromatic heterocycles. The normalized spacial score (nSPS) is 9.33. The summed E-state index contributed by atoms with van der Waals surface area (Å²) >= 11 is 0. The van der Waals surface area contributed by atoms with Crippen molar-refractivity contribution in [2.24, 2.45) is 0 Å². The van der Waals surface area contributed by atoms with Gasteiger partial charge in [0, 0.05) is 94.7 Å². The summed E-state index contributed by atoms with van der Waals surface area (Å²) in [5.41, 5.74) is 2.01. The van der Waals surface area contributed by atoms with Crippen LogP contribution in [0.1, 0.15) is 51.8 Å². The molecular weight excluding hydrogens is 1010 g/mol. The Hall–Kier alpha value is -10.9. The minimum Gasteiger partial charge on any atom is -0.350 e. The first-order valence-electron chi connectivity index (χ1n) is 20.8. The summed E-state index contributed by atoms with van der Waals surface area (Å²) in [7, 11) is 0. The van der Waals surface area contributed by atoms with E-state index in [9.17, 15) is 74.5 Å². The van der Waals surface area contributed by atoms with Gasteiger partial charge in [-0.1, -0.05) is 0 Å². The van der Waals surface area contributed by atoms with Crippen LogP contribution in [-0.4, -0.2) is 146 Å². The Kier molecular flexibility index (Phi) is 32.2. The summed E-state index contributed by atoms with van der Waals surface area (Å²) in [5, 5.41) is 56.6. The highest BCUT2D eigenvalue weighted by Gasteiger charge is 2.08. The molecule has 35 heteroatoms. The number of rotatable bonds is 25. The van der Waals surface area contributed by atoms with Gasteiger partial charge in [0.1, 0.15) is 33.0 Å². The minimum absolute atomic E-state index is 0.0781. The average molecular weight is 1060 g/mol. The monoisotopic (exact) mass is 1060 g/mol. The van der Waals surface area contributed by atoms with Crippen LogP contribution >= 0.6 is 0 Å². The van der Waals surface area contributed by atoms with Gasteiger partial charge >= 0.3 is 0 Å². The molecule has 35 nitrogen and oxygen atoms in total. The Balaban J connectivity index is 0.000000469. The van der Waals surface area contributed by atoms with Gasteiger partial charge in [0.05, 0.1) is 27.8 Å². The molecule has 0 saturated carbocycles. The van der Waals surface area contributed by atoms with Gasteiger partial charge in [-0.25, -0.2) is 0 Å². The molecule has 0 bridgehead atoms. The number of amides is 5. The molecule has 0 radical (unpaired) electrons. The lowest BCUT2D eigenvalue weighted by molar-refractivity contribution is -0.757. The Morgan fingerprint density at radius 1 is 0.333 bits per heavy atom. The Morgan fingerprint density at radius 3 is 0.613 bits per heavy atom. The van der Waals surface area contributed by atoms with Crippen LogP contribution in [0.15, 0.2) is 123 Å². The van der Waals surface area contributed by atoms with Gasteiger partial charge in [-0.2, -0.15) is 0 Å². The van der Waals surface area contributed by atoms with E-state index in [-0.39, 0.29) is 95.3 Å². The van der Waals surface area contributed by atoms with Gasteiger partial charge in [-0.15, -0.1) is 50.6 Å². The van der Waals surface area contributed by atoms with Crippen LogP contribution in [0.4, 0.5) is 0 Å². The predicted molar refractivity (Wildman–Crippen MR) is 248 cm³/mol. The molecule has 5 rings (SSSR count). The summed E-state index contributed by atoms with van der Waals surface area (Å²) in [5.74, 6) is -1.69. The predicted octanol–water partition coefficient (Wildman–Crippen LogP) is 0.0985. The highest BCUT2D eigenvalue weighted by molar-refractivity contribution is 5.95. The Bertz CT molecular complexity index is 2110. The molecule has 5 N–H and O–H groups in total. The Labute approximate surface area is 420 Å². The zero-order valence-electron chi connectivity index (χ0n) is 38.8. The molecule has 75 heavy (non-hydrogen) atoms. The van der Waals surface area contributed by atoms with Crippen molar-refractivity contribution >= 4 is 29.5 Å². The van der Waals surface area contributed by atoms with Crippen LogP contribution in [0, 0.1) is 50.6 Å². The molecule has 0 aromatic carbocycles. The lowest BCUT2D eigenvalue weighted by atomic mass is 10.3. The van der Waals surface area contributed by atoms with Crippen molar-refractivity contribution in [3.8, 4) is 0 Å². The van der Waals surface area contributed by atoms with Crippen molar-refractivity contribution in [3.05, 3.63) is 201 Å². The van der Waals surface area contributed by atoms with Crippen LogP contribution < -0.4 is 26.6 Å². The van der Waals surface area contributed by atoms with E-state index in [2.05, 4.69) is 75.7 Å². The van der Waals surface area contributed by atoms with E-state index >= 15 is 0 Å². The SMILES string of the molecule is O=C(NCCO[N+](=O)[O-])c1cccnc1.O=C(NCCO[N+](=O)[O-])c1cccnc1.O=C(NCCO[N+](=O)[O-])c1cccnc1.O=C(NCCO[N+](=O)[O-])c1cccnc1.O=C(NCCO[N+](=O)[O-])c1cccnc1. The van der Waals surface area contributed by atoms with Crippen molar-refractivity contribution in [2.45, 2.75) is 0 Å². The van der Waals surface area contributed by atoms with Crippen LogP contribution in [0.2, 0.25) is 0 Å². The van der Waals surface area contributed by atoms with Gasteiger partial charge < -0.3 is 50.8 Å². The standard InChI is InChI=1S/5C8H9N3O4/c5*12-8(7-2-1-3-9-6-7)10-4-5-15-11(13)14/h5*1-3,6H,4-5H2,(H,10,12). The summed E-state index contributed by atoms with van der Waals surface area (Å²) in [4.78, 5) is 144. The van der Waals surface area contributed by atoms with Crippen LogP contribution in [0.3, 0.4) is 0 Å². The van der Waals surface area contributed by atoms with Gasteiger partial charge in [-0.3, -0.25) is 48.9 Å². The van der Waals surface area contributed by atoms with E-state index in [1.165, 1.54) is 31.0 Å². The molecule has 0 atom stereocenters. The van der Waals surface area contributed by atoms with Crippen LogP contribution in [0.5, 0.6) is 0 Å². The van der Waals surface area contributed by atoms with Gasteiger partial charge in [-0.05, 0) is 60.7 Å². The second-order valence-corrected chi connectivity index (χ2v) is 12.8. The first-order chi connectivity index (χ1) is 36.0. The summed E-state index contributed by atoms with van der Waals surface area (Å²) in [6, 6.07) is 16.1. The third-order valence-electron chi connectivity index (χ3n) is 7.54. The largest absolute Gasteiger partial charge is 0.350 e. The molecule has 5 heterocycles. The summed E-state index contributed by atoms with van der Waals surface area (Å²) in [6.07, 6.45) is 14.8. The minimum atomic E-state index is -0.907. The molecule has 0 saturated heterocycles.